The molecule has 1 saturated carbocycles. The molecule has 2 aliphatic rings. The fraction of sp³-hybridized carbons (Fsp3) is 0.379. The molecule has 3 heterocycles. The molecule has 8 nitrogen and oxygen atoms in total. The van der Waals surface area contributed by atoms with Crippen LogP contribution in [0.3, 0.4) is 0 Å². The van der Waals surface area contributed by atoms with Crippen molar-refractivity contribution < 1.29 is 23.8 Å². The average Bonchev–Trinajstić information content (AvgIpc) is 2.89. The van der Waals surface area contributed by atoms with Crippen LogP contribution in [0.2, 0.25) is 0 Å². The Morgan fingerprint density at radius 3 is 2.65 bits per heavy atom. The van der Waals surface area contributed by atoms with E-state index in [0.29, 0.717) is 29.5 Å². The minimum absolute atomic E-state index is 0.0803. The first kappa shape index (κ1) is 24.7. The minimum Gasteiger partial charge on any atom is -0.482 e. The molecule has 5 atom stereocenters. The number of nitriles is 1. The van der Waals surface area contributed by atoms with Crippen molar-refractivity contribution in [3.05, 3.63) is 82.0 Å². The van der Waals surface area contributed by atoms with Gasteiger partial charge in [-0.2, -0.15) is 5.26 Å². The van der Waals surface area contributed by atoms with Crippen LogP contribution in [0.25, 0.3) is 11.3 Å². The minimum atomic E-state index is -1.15. The topological polar surface area (TPSA) is 123 Å². The first-order valence-corrected chi connectivity index (χ1v) is 12.4. The highest BCUT2D eigenvalue weighted by atomic mass is 16.6. The van der Waals surface area contributed by atoms with Crippen LogP contribution in [0.4, 0.5) is 0 Å². The third kappa shape index (κ3) is 4.40. The highest BCUT2D eigenvalue weighted by Gasteiger charge is 2.58. The standard InChI is InChI=1S/C29H28N2O6/c1-16(2)20-11-21-26(32)25-23(13-22(35-28(25)34)19-5-4-10-31-15-19)37-29(21,3)24(12-20)36-27(33)18-8-6-17(14-30)7-9-18/h4-10,13,15-16,20-21,24,26,32H,11-12H2,1-3H3. The van der Waals surface area contributed by atoms with Gasteiger partial charge in [0, 0.05) is 29.9 Å². The van der Waals surface area contributed by atoms with Crippen molar-refractivity contribution in [2.24, 2.45) is 17.8 Å². The number of carbonyl (C=O) groups excluding carboxylic acids is 1. The third-order valence-corrected chi connectivity index (χ3v) is 7.79. The second-order valence-electron chi connectivity index (χ2n) is 10.3. The summed E-state index contributed by atoms with van der Waals surface area (Å²) >= 11 is 0. The molecule has 0 spiro atoms. The van der Waals surface area contributed by atoms with Crippen molar-refractivity contribution in [3.63, 3.8) is 0 Å². The second kappa shape index (κ2) is 9.49. The van der Waals surface area contributed by atoms with Crippen LogP contribution in [0.1, 0.15) is 61.2 Å². The first-order valence-electron chi connectivity index (χ1n) is 12.4. The number of aliphatic hydroxyl groups excluding tert-OH is 1. The number of nitrogens with zero attached hydrogens (tertiary/aromatic N) is 2. The van der Waals surface area contributed by atoms with Gasteiger partial charge in [-0.3, -0.25) is 4.98 Å². The van der Waals surface area contributed by atoms with E-state index in [4.69, 9.17) is 19.2 Å². The summed E-state index contributed by atoms with van der Waals surface area (Å²) in [5.41, 5.74) is -0.303. The lowest BCUT2D eigenvalue weighted by molar-refractivity contribution is -0.170. The van der Waals surface area contributed by atoms with Gasteiger partial charge in [0.1, 0.15) is 28.8 Å². The predicted molar refractivity (Wildman–Crippen MR) is 134 cm³/mol. The molecule has 0 bridgehead atoms. The zero-order chi connectivity index (χ0) is 26.3. The molecule has 190 valence electrons. The van der Waals surface area contributed by atoms with Crippen molar-refractivity contribution in [1.82, 2.24) is 4.98 Å². The van der Waals surface area contributed by atoms with E-state index in [1.807, 2.05) is 13.0 Å². The van der Waals surface area contributed by atoms with Gasteiger partial charge in [-0.25, -0.2) is 9.59 Å². The number of hydrogen-bond donors (Lipinski definition) is 1. The van der Waals surface area contributed by atoms with Gasteiger partial charge < -0.3 is 19.0 Å². The Morgan fingerprint density at radius 2 is 2.00 bits per heavy atom. The lowest BCUT2D eigenvalue weighted by Crippen LogP contribution is -2.61. The molecule has 0 saturated heterocycles. The number of rotatable bonds is 4. The Bertz CT molecular complexity index is 1410. The van der Waals surface area contributed by atoms with Gasteiger partial charge in [-0.1, -0.05) is 13.8 Å². The third-order valence-electron chi connectivity index (χ3n) is 7.79. The Kier molecular flexibility index (Phi) is 6.34. The monoisotopic (exact) mass is 500 g/mol. The molecule has 5 unspecified atom stereocenters. The number of ether oxygens (including phenoxy) is 2. The van der Waals surface area contributed by atoms with Gasteiger partial charge in [0.15, 0.2) is 0 Å². The fourth-order valence-electron chi connectivity index (χ4n) is 5.50. The van der Waals surface area contributed by atoms with Crippen molar-refractivity contribution in [1.29, 1.82) is 5.26 Å². The number of aromatic nitrogens is 1. The highest BCUT2D eigenvalue weighted by molar-refractivity contribution is 5.89. The van der Waals surface area contributed by atoms with Gasteiger partial charge in [0.25, 0.3) is 0 Å². The maximum absolute atomic E-state index is 13.1. The quantitative estimate of drug-likeness (QED) is 0.513. The van der Waals surface area contributed by atoms with E-state index in [2.05, 4.69) is 18.8 Å². The largest absolute Gasteiger partial charge is 0.482 e. The molecule has 0 radical (unpaired) electrons. The van der Waals surface area contributed by atoms with E-state index in [1.165, 1.54) is 0 Å². The summed E-state index contributed by atoms with van der Waals surface area (Å²) in [7, 11) is 0. The summed E-state index contributed by atoms with van der Waals surface area (Å²) in [6.07, 6.45) is 2.51. The van der Waals surface area contributed by atoms with Crippen LogP contribution in [0, 0.1) is 29.1 Å². The highest BCUT2D eigenvalue weighted by Crippen LogP contribution is 2.53. The van der Waals surface area contributed by atoms with Crippen LogP contribution in [-0.2, 0) is 4.74 Å². The lowest BCUT2D eigenvalue weighted by atomic mass is 9.63. The van der Waals surface area contributed by atoms with E-state index >= 15 is 0 Å². The maximum atomic E-state index is 13.1. The summed E-state index contributed by atoms with van der Waals surface area (Å²) in [5.74, 6) is -0.146. The van der Waals surface area contributed by atoms with Crippen LogP contribution in [0.5, 0.6) is 5.75 Å². The Labute approximate surface area is 214 Å². The van der Waals surface area contributed by atoms with Crippen molar-refractivity contribution >= 4 is 5.97 Å². The molecule has 1 N–H and O–H groups in total. The van der Waals surface area contributed by atoms with Gasteiger partial charge in [-0.05, 0) is 68.0 Å². The molecule has 8 heteroatoms. The molecule has 1 fully saturated rings. The summed E-state index contributed by atoms with van der Waals surface area (Å²) in [6.45, 7) is 6.01. The second-order valence-corrected chi connectivity index (χ2v) is 10.3. The average molecular weight is 501 g/mol. The number of benzene rings is 1. The van der Waals surface area contributed by atoms with E-state index in [9.17, 15) is 14.7 Å². The predicted octanol–water partition coefficient (Wildman–Crippen LogP) is 4.67. The maximum Gasteiger partial charge on any atom is 0.345 e. The van der Waals surface area contributed by atoms with Crippen LogP contribution < -0.4 is 10.4 Å². The van der Waals surface area contributed by atoms with E-state index in [0.717, 1.165) is 0 Å². The summed E-state index contributed by atoms with van der Waals surface area (Å²) < 4.78 is 18.1. The van der Waals surface area contributed by atoms with Crippen LogP contribution in [0.15, 0.2) is 64.1 Å². The Morgan fingerprint density at radius 1 is 1.24 bits per heavy atom. The molecule has 2 aromatic heterocycles. The normalized spacial score (nSPS) is 26.4. The zero-order valence-corrected chi connectivity index (χ0v) is 20.9. The molecule has 5 rings (SSSR count). The van der Waals surface area contributed by atoms with E-state index in [-0.39, 0.29) is 28.9 Å². The molecule has 0 amide bonds. The number of pyridine rings is 1. The number of aliphatic hydroxyl groups is 1. The van der Waals surface area contributed by atoms with Crippen molar-refractivity contribution in [2.45, 2.75) is 51.4 Å². The molecule has 1 aliphatic heterocycles. The van der Waals surface area contributed by atoms with E-state index < -0.39 is 35.3 Å². The van der Waals surface area contributed by atoms with Gasteiger partial charge in [0.05, 0.1) is 23.3 Å². The molecular weight excluding hydrogens is 472 g/mol. The first-order chi connectivity index (χ1) is 17.7. The lowest BCUT2D eigenvalue weighted by Gasteiger charge is -2.53. The van der Waals surface area contributed by atoms with Crippen molar-refractivity contribution in [3.8, 4) is 23.1 Å². The van der Waals surface area contributed by atoms with Crippen LogP contribution >= 0.6 is 0 Å². The summed E-state index contributed by atoms with van der Waals surface area (Å²) in [4.78, 5) is 30.2. The van der Waals surface area contributed by atoms with Gasteiger partial charge in [-0.15, -0.1) is 0 Å². The summed E-state index contributed by atoms with van der Waals surface area (Å²) in [6, 6.07) is 13.4. The molecular formula is C29H28N2O6. The molecule has 3 aromatic rings. The fourth-order valence-corrected chi connectivity index (χ4v) is 5.50. The number of carbonyl (C=O) groups is 1. The van der Waals surface area contributed by atoms with Crippen LogP contribution in [-0.4, -0.2) is 27.8 Å². The number of fused-ring (bicyclic) bond motifs is 2. The SMILES string of the molecule is CC(C)C1CC(OC(=O)c2ccc(C#N)cc2)C2(C)Oc3cc(-c4cccnc4)oc(=O)c3C(O)C2C1. The summed E-state index contributed by atoms with van der Waals surface area (Å²) in [5, 5.41) is 20.5. The zero-order valence-electron chi connectivity index (χ0n) is 20.9. The molecule has 1 aromatic carbocycles. The Hall–Kier alpha value is -3.96. The van der Waals surface area contributed by atoms with Crippen molar-refractivity contribution in [2.75, 3.05) is 0 Å². The van der Waals surface area contributed by atoms with Gasteiger partial charge in [0.2, 0.25) is 0 Å². The van der Waals surface area contributed by atoms with Gasteiger partial charge >= 0.3 is 11.6 Å². The smallest absolute Gasteiger partial charge is 0.345 e. The van der Waals surface area contributed by atoms with E-state index in [1.54, 1.807) is 54.9 Å². The Balaban J connectivity index is 1.53. The number of hydrogen-bond acceptors (Lipinski definition) is 8. The molecule has 37 heavy (non-hydrogen) atoms. The number of esters is 1. The molecule has 1 aliphatic carbocycles.